The van der Waals surface area contributed by atoms with Crippen LogP contribution in [0.5, 0.6) is 0 Å². The first-order chi connectivity index (χ1) is 17.7. The van der Waals surface area contributed by atoms with Crippen molar-refractivity contribution in [1.29, 1.82) is 0 Å². The van der Waals surface area contributed by atoms with Gasteiger partial charge in [0.2, 0.25) is 0 Å². The zero-order chi connectivity index (χ0) is 28.5. The van der Waals surface area contributed by atoms with E-state index < -0.39 is 120 Å². The van der Waals surface area contributed by atoms with Crippen LogP contribution in [0.15, 0.2) is 0 Å². The maximum absolute atomic E-state index is 10.9. The van der Waals surface area contributed by atoms with Crippen molar-refractivity contribution in [2.24, 2.45) is 0 Å². The first kappa shape index (κ1) is 32.0. The highest BCUT2D eigenvalue weighted by atomic mass is 31.2. The lowest BCUT2D eigenvalue weighted by molar-refractivity contribution is -0.391. The smallest absolute Gasteiger partial charge is 0.394 e. The van der Waals surface area contributed by atoms with Gasteiger partial charge in [-0.2, -0.15) is 0 Å². The maximum atomic E-state index is 10.9. The molecule has 38 heavy (non-hydrogen) atoms. The number of hydrogen-bond donors (Lipinski definition) is 12. The summed E-state index contributed by atoms with van der Waals surface area (Å²) in [6, 6.07) is 0. The van der Waals surface area contributed by atoms with Crippen molar-refractivity contribution in [2.75, 3.05) is 19.8 Å². The minimum absolute atomic E-state index is 0.813. The van der Waals surface area contributed by atoms with Crippen LogP contribution in [-0.2, 0) is 32.8 Å². The third-order valence-corrected chi connectivity index (χ3v) is 6.81. The molecule has 0 unspecified atom stereocenters. The number of phosphoric ester groups is 1. The zero-order valence-electron chi connectivity index (χ0n) is 19.5. The molecule has 3 heterocycles. The molecule has 20 heteroatoms. The Hall–Kier alpha value is -0.490. The minimum Gasteiger partial charge on any atom is -0.394 e. The summed E-state index contributed by atoms with van der Waals surface area (Å²) in [5, 5.41) is 101. The minimum atomic E-state index is -4.99. The lowest BCUT2D eigenvalue weighted by Crippen LogP contribution is -2.66. The van der Waals surface area contributed by atoms with Crippen LogP contribution in [0.2, 0.25) is 0 Å². The van der Waals surface area contributed by atoms with Crippen LogP contribution in [0.4, 0.5) is 0 Å². The van der Waals surface area contributed by atoms with Gasteiger partial charge in [-0.3, -0.25) is 4.52 Å². The number of aliphatic hydroxyl groups excluding tert-OH is 10. The molecule has 3 saturated heterocycles. The van der Waals surface area contributed by atoms with E-state index in [1.165, 1.54) is 0 Å². The normalized spacial score (nSPS) is 48.7. The van der Waals surface area contributed by atoms with Gasteiger partial charge in [0, 0.05) is 0 Å². The molecule has 15 atom stereocenters. The molecule has 19 nitrogen and oxygen atoms in total. The fourth-order valence-corrected chi connectivity index (χ4v) is 4.52. The maximum Gasteiger partial charge on any atom is 0.469 e. The van der Waals surface area contributed by atoms with Gasteiger partial charge in [0.15, 0.2) is 18.9 Å². The van der Waals surface area contributed by atoms with Gasteiger partial charge in [-0.1, -0.05) is 0 Å². The highest BCUT2D eigenvalue weighted by Gasteiger charge is 2.53. The molecule has 0 amide bonds. The fourth-order valence-electron chi connectivity index (χ4n) is 4.18. The highest BCUT2D eigenvalue weighted by molar-refractivity contribution is 7.46. The van der Waals surface area contributed by atoms with Crippen LogP contribution in [0.1, 0.15) is 0 Å². The Kier molecular flexibility index (Phi) is 11.0. The van der Waals surface area contributed by atoms with Crippen molar-refractivity contribution in [3.8, 4) is 0 Å². The first-order valence-corrected chi connectivity index (χ1v) is 12.9. The van der Waals surface area contributed by atoms with Gasteiger partial charge < -0.3 is 84.5 Å². The lowest BCUT2D eigenvalue weighted by atomic mass is 9.96. The highest BCUT2D eigenvalue weighted by Crippen LogP contribution is 2.37. The summed E-state index contributed by atoms with van der Waals surface area (Å²) < 4.78 is 41.6. The third kappa shape index (κ3) is 7.04. The van der Waals surface area contributed by atoms with Gasteiger partial charge in [-0.05, 0) is 0 Å². The zero-order valence-corrected chi connectivity index (χ0v) is 20.3. The van der Waals surface area contributed by atoms with E-state index in [9.17, 15) is 55.6 Å². The van der Waals surface area contributed by atoms with E-state index in [4.69, 9.17) is 33.5 Å². The summed E-state index contributed by atoms with van der Waals surface area (Å²) in [5.41, 5.74) is 0. The molecule has 0 saturated carbocycles. The van der Waals surface area contributed by atoms with E-state index in [1.54, 1.807) is 0 Å². The second kappa shape index (κ2) is 13.0. The Morgan fingerprint density at radius 1 is 0.579 bits per heavy atom. The molecule has 3 aliphatic rings. The predicted molar refractivity (Wildman–Crippen MR) is 112 cm³/mol. The van der Waals surface area contributed by atoms with Gasteiger partial charge in [-0.25, -0.2) is 4.57 Å². The molecule has 0 aromatic heterocycles. The average Bonchev–Trinajstić information content (AvgIpc) is 2.86. The van der Waals surface area contributed by atoms with Crippen LogP contribution in [-0.4, -0.2) is 173 Å². The monoisotopic (exact) mass is 584 g/mol. The second-order valence-corrected chi connectivity index (χ2v) is 10.2. The Balaban J connectivity index is 1.78. The lowest BCUT2D eigenvalue weighted by Gasteiger charge is -2.48. The number of hydrogen-bond acceptors (Lipinski definition) is 17. The van der Waals surface area contributed by atoms with Crippen LogP contribution in [0, 0.1) is 0 Å². The molecule has 3 aliphatic heterocycles. The third-order valence-electron chi connectivity index (χ3n) is 6.33. The van der Waals surface area contributed by atoms with Gasteiger partial charge in [0.1, 0.15) is 73.2 Å². The Labute approximate surface area is 214 Å². The van der Waals surface area contributed by atoms with E-state index in [1.807, 2.05) is 0 Å². The van der Waals surface area contributed by atoms with E-state index in [0.717, 1.165) is 0 Å². The molecule has 0 aromatic carbocycles. The van der Waals surface area contributed by atoms with E-state index in [0.29, 0.717) is 0 Å². The molecule has 0 aromatic rings. The van der Waals surface area contributed by atoms with Crippen molar-refractivity contribution >= 4 is 7.82 Å². The number of ether oxygens (including phenoxy) is 5. The SMILES string of the molecule is O=P(O)(O)OC[C@H]1O[C@H](O)[C@H](O[C@H]2O[C@H](CO)[C@@H](O)[C@H](O)[C@H]2O[C@H]2O[C@H](CO)[C@@H](O)[C@H](O)[C@H]2O)[C@@H](O)[C@@H]1O. The number of aliphatic hydroxyl groups is 10. The Morgan fingerprint density at radius 3 is 1.61 bits per heavy atom. The van der Waals surface area contributed by atoms with Crippen LogP contribution >= 0.6 is 7.82 Å². The fraction of sp³-hybridized carbons (Fsp3) is 1.00. The van der Waals surface area contributed by atoms with Crippen LogP contribution in [0.3, 0.4) is 0 Å². The van der Waals surface area contributed by atoms with Crippen molar-refractivity contribution in [1.82, 2.24) is 0 Å². The van der Waals surface area contributed by atoms with Crippen LogP contribution in [0.25, 0.3) is 0 Å². The Morgan fingerprint density at radius 2 is 1.05 bits per heavy atom. The van der Waals surface area contributed by atoms with E-state index in [-0.39, 0.29) is 0 Å². The van der Waals surface area contributed by atoms with Crippen molar-refractivity contribution in [2.45, 2.75) is 92.1 Å². The average molecular weight is 584 g/mol. The van der Waals surface area contributed by atoms with Gasteiger partial charge in [-0.15, -0.1) is 0 Å². The van der Waals surface area contributed by atoms with E-state index >= 15 is 0 Å². The van der Waals surface area contributed by atoms with Gasteiger partial charge in [0.05, 0.1) is 19.8 Å². The molecule has 3 fully saturated rings. The van der Waals surface area contributed by atoms with Crippen molar-refractivity contribution in [3.05, 3.63) is 0 Å². The first-order valence-electron chi connectivity index (χ1n) is 11.3. The van der Waals surface area contributed by atoms with Gasteiger partial charge >= 0.3 is 7.82 Å². The molecule has 3 rings (SSSR count). The molecular formula is C18H33O19P. The molecule has 0 radical (unpaired) electrons. The molecule has 224 valence electrons. The Bertz CT molecular complexity index is 798. The largest absolute Gasteiger partial charge is 0.469 e. The quantitative estimate of drug-likeness (QED) is 0.112. The summed E-state index contributed by atoms with van der Waals surface area (Å²) in [6.45, 7) is -2.61. The van der Waals surface area contributed by atoms with E-state index in [2.05, 4.69) is 4.52 Å². The predicted octanol–water partition coefficient (Wildman–Crippen LogP) is -7.46. The number of rotatable bonds is 9. The van der Waals surface area contributed by atoms with Crippen molar-refractivity contribution in [3.63, 3.8) is 0 Å². The topological polar surface area (TPSA) is 315 Å². The van der Waals surface area contributed by atoms with Crippen molar-refractivity contribution < 1.29 is 93.6 Å². The van der Waals surface area contributed by atoms with Crippen LogP contribution < -0.4 is 0 Å². The summed E-state index contributed by atoms with van der Waals surface area (Å²) in [6.07, 6.45) is -27.4. The summed E-state index contributed by atoms with van der Waals surface area (Å²) in [4.78, 5) is 17.6. The molecule has 12 N–H and O–H groups in total. The molecule has 0 aliphatic carbocycles. The van der Waals surface area contributed by atoms with Gasteiger partial charge in [0.25, 0.3) is 0 Å². The number of phosphoric acid groups is 1. The molecule has 0 spiro atoms. The standard InChI is InChI=1S/C18H33O19P/c19-1-4-7(21)10(24)13(27)17(34-4)37-15-12(26)8(22)5(2-20)35-18(15)36-14-11(25)9(23)6(33-16(14)28)3-32-38(29,30)31/h4-28H,1-3H2,(H2,29,30,31)/t4-,5-,6-,7-,8-,9-,10+,11+,12+,13-,14-,15-,16+,17-,18-/m1/s1. The summed E-state index contributed by atoms with van der Waals surface area (Å²) in [7, 11) is -4.99. The summed E-state index contributed by atoms with van der Waals surface area (Å²) >= 11 is 0. The molecular weight excluding hydrogens is 551 g/mol. The second-order valence-electron chi connectivity index (χ2n) is 8.94. The molecule has 0 bridgehead atoms. The summed E-state index contributed by atoms with van der Waals surface area (Å²) in [5.74, 6) is 0.